The van der Waals surface area contributed by atoms with E-state index in [1.165, 1.54) is 29.5 Å². The number of aryl methyl sites for hydroxylation is 2. The van der Waals surface area contributed by atoms with Gasteiger partial charge in [-0.25, -0.2) is 0 Å². The third-order valence-electron chi connectivity index (χ3n) is 4.04. The van der Waals surface area contributed by atoms with E-state index in [9.17, 15) is 0 Å². The molecule has 1 aliphatic carbocycles. The molecule has 2 rings (SSSR count). The number of methoxy groups -OCH3 is 1. The zero-order chi connectivity index (χ0) is 13.8. The molecule has 1 aromatic carbocycles. The van der Waals surface area contributed by atoms with Gasteiger partial charge in [0.15, 0.2) is 0 Å². The van der Waals surface area contributed by atoms with Crippen molar-refractivity contribution in [1.29, 1.82) is 0 Å². The maximum absolute atomic E-state index is 6.37. The van der Waals surface area contributed by atoms with Crippen LogP contribution in [0.1, 0.15) is 35.6 Å². The van der Waals surface area contributed by atoms with Gasteiger partial charge in [-0.3, -0.25) is 4.90 Å². The highest BCUT2D eigenvalue weighted by Crippen LogP contribution is 2.28. The fourth-order valence-electron chi connectivity index (χ4n) is 2.42. The molecule has 0 amide bonds. The van der Waals surface area contributed by atoms with Gasteiger partial charge in [-0.1, -0.05) is 18.2 Å². The van der Waals surface area contributed by atoms with Crippen LogP contribution in [0.2, 0.25) is 0 Å². The van der Waals surface area contributed by atoms with Gasteiger partial charge in [-0.2, -0.15) is 0 Å². The number of nitrogens with two attached hydrogens (primary N) is 1. The van der Waals surface area contributed by atoms with Crippen molar-refractivity contribution in [1.82, 2.24) is 4.90 Å². The Morgan fingerprint density at radius 1 is 1.32 bits per heavy atom. The van der Waals surface area contributed by atoms with Gasteiger partial charge in [0, 0.05) is 32.3 Å². The van der Waals surface area contributed by atoms with Crippen LogP contribution in [0, 0.1) is 13.8 Å². The van der Waals surface area contributed by atoms with Crippen LogP contribution in [0.3, 0.4) is 0 Å². The maximum Gasteiger partial charge on any atom is 0.0589 e. The predicted octanol–water partition coefficient (Wildman–Crippen LogP) is 2.41. The second-order valence-electron chi connectivity index (χ2n) is 5.67. The Bertz CT molecular complexity index is 415. The van der Waals surface area contributed by atoms with Gasteiger partial charge < -0.3 is 10.5 Å². The van der Waals surface area contributed by atoms with Crippen LogP contribution in [-0.4, -0.2) is 37.7 Å². The molecule has 0 radical (unpaired) electrons. The van der Waals surface area contributed by atoms with Gasteiger partial charge in [-0.15, -0.1) is 0 Å². The Morgan fingerprint density at radius 3 is 2.63 bits per heavy atom. The molecular formula is C16H26N2O. The molecule has 0 saturated heterocycles. The smallest absolute Gasteiger partial charge is 0.0589 e. The molecule has 0 bridgehead atoms. The third-order valence-corrected chi connectivity index (χ3v) is 4.04. The maximum atomic E-state index is 6.37. The minimum Gasteiger partial charge on any atom is -0.383 e. The summed E-state index contributed by atoms with van der Waals surface area (Å²) >= 11 is 0. The molecule has 0 heterocycles. The van der Waals surface area contributed by atoms with Crippen LogP contribution in [-0.2, 0) is 4.74 Å². The summed E-state index contributed by atoms with van der Waals surface area (Å²) in [6, 6.07) is 7.38. The molecule has 1 fully saturated rings. The SMILES string of the molecule is COCCN(CC(N)c1ccc(C)c(C)c1)C1CC1. The van der Waals surface area contributed by atoms with Crippen molar-refractivity contribution in [3.63, 3.8) is 0 Å². The second-order valence-corrected chi connectivity index (χ2v) is 5.67. The van der Waals surface area contributed by atoms with Gasteiger partial charge in [0.2, 0.25) is 0 Å². The second kappa shape index (κ2) is 6.51. The van der Waals surface area contributed by atoms with Crippen molar-refractivity contribution in [3.8, 4) is 0 Å². The first-order valence-corrected chi connectivity index (χ1v) is 7.17. The van der Waals surface area contributed by atoms with Crippen molar-refractivity contribution < 1.29 is 4.74 Å². The number of nitrogens with zero attached hydrogens (tertiary/aromatic N) is 1. The fourth-order valence-corrected chi connectivity index (χ4v) is 2.42. The zero-order valence-corrected chi connectivity index (χ0v) is 12.4. The van der Waals surface area contributed by atoms with E-state index in [4.69, 9.17) is 10.5 Å². The molecule has 3 nitrogen and oxygen atoms in total. The summed E-state index contributed by atoms with van der Waals surface area (Å²) in [6.07, 6.45) is 2.62. The lowest BCUT2D eigenvalue weighted by Crippen LogP contribution is -2.36. The first-order valence-electron chi connectivity index (χ1n) is 7.17. The molecule has 106 valence electrons. The van der Waals surface area contributed by atoms with E-state index < -0.39 is 0 Å². The fraction of sp³-hybridized carbons (Fsp3) is 0.625. The lowest BCUT2D eigenvalue weighted by molar-refractivity contribution is 0.139. The molecule has 2 N–H and O–H groups in total. The van der Waals surface area contributed by atoms with E-state index in [0.717, 1.165) is 25.7 Å². The number of ether oxygens (including phenoxy) is 1. The summed E-state index contributed by atoms with van der Waals surface area (Å²) < 4.78 is 5.19. The van der Waals surface area contributed by atoms with Crippen LogP contribution in [0.25, 0.3) is 0 Å². The number of hydrogen-bond donors (Lipinski definition) is 1. The van der Waals surface area contributed by atoms with Gasteiger partial charge in [0.25, 0.3) is 0 Å². The standard InChI is InChI=1S/C16H26N2O/c1-12-4-5-14(10-13(12)2)16(17)11-18(8-9-19-3)15-6-7-15/h4-5,10,15-16H,6-9,11,17H2,1-3H3. The Morgan fingerprint density at radius 2 is 2.05 bits per heavy atom. The summed E-state index contributed by atoms with van der Waals surface area (Å²) in [5.41, 5.74) is 10.3. The molecule has 1 aromatic rings. The molecule has 1 aliphatic rings. The van der Waals surface area contributed by atoms with Crippen molar-refractivity contribution in [2.75, 3.05) is 26.8 Å². The minimum atomic E-state index is 0.0942. The Balaban J connectivity index is 1.97. The van der Waals surface area contributed by atoms with Gasteiger partial charge in [0.1, 0.15) is 0 Å². The summed E-state index contributed by atoms with van der Waals surface area (Å²) in [7, 11) is 1.76. The molecule has 0 spiro atoms. The van der Waals surface area contributed by atoms with Gasteiger partial charge in [-0.05, 0) is 43.4 Å². The molecule has 1 saturated carbocycles. The van der Waals surface area contributed by atoms with Gasteiger partial charge >= 0.3 is 0 Å². The van der Waals surface area contributed by atoms with Crippen molar-refractivity contribution >= 4 is 0 Å². The van der Waals surface area contributed by atoms with E-state index in [1.54, 1.807) is 7.11 Å². The largest absolute Gasteiger partial charge is 0.383 e. The average Bonchev–Trinajstić information content (AvgIpc) is 3.21. The van der Waals surface area contributed by atoms with Gasteiger partial charge in [0.05, 0.1) is 6.61 Å². The first kappa shape index (κ1) is 14.5. The molecule has 3 heteroatoms. The summed E-state index contributed by atoms with van der Waals surface area (Å²) in [4.78, 5) is 2.48. The van der Waals surface area contributed by atoms with E-state index in [0.29, 0.717) is 0 Å². The molecule has 0 aliphatic heterocycles. The van der Waals surface area contributed by atoms with Crippen LogP contribution >= 0.6 is 0 Å². The third kappa shape index (κ3) is 4.03. The van der Waals surface area contributed by atoms with Crippen molar-refractivity contribution in [2.24, 2.45) is 5.73 Å². The zero-order valence-electron chi connectivity index (χ0n) is 12.4. The Kier molecular flexibility index (Phi) is 4.97. The average molecular weight is 262 g/mol. The van der Waals surface area contributed by atoms with Crippen LogP contribution in [0.5, 0.6) is 0 Å². The highest BCUT2D eigenvalue weighted by Gasteiger charge is 2.29. The van der Waals surface area contributed by atoms with E-state index in [-0.39, 0.29) is 6.04 Å². The summed E-state index contributed by atoms with van der Waals surface area (Å²) in [5.74, 6) is 0. The molecular weight excluding hydrogens is 236 g/mol. The number of rotatable bonds is 7. The molecule has 1 atom stereocenters. The van der Waals surface area contributed by atoms with E-state index in [1.807, 2.05) is 0 Å². The van der Waals surface area contributed by atoms with E-state index in [2.05, 4.69) is 36.9 Å². The lowest BCUT2D eigenvalue weighted by Gasteiger charge is -2.25. The molecule has 0 aromatic heterocycles. The van der Waals surface area contributed by atoms with Crippen molar-refractivity contribution in [2.45, 2.75) is 38.8 Å². The molecule has 1 unspecified atom stereocenters. The highest BCUT2D eigenvalue weighted by atomic mass is 16.5. The lowest BCUT2D eigenvalue weighted by atomic mass is 10.0. The van der Waals surface area contributed by atoms with Crippen LogP contribution < -0.4 is 5.73 Å². The van der Waals surface area contributed by atoms with Crippen LogP contribution in [0.15, 0.2) is 18.2 Å². The molecule has 19 heavy (non-hydrogen) atoms. The quantitative estimate of drug-likeness (QED) is 0.820. The monoisotopic (exact) mass is 262 g/mol. The Labute approximate surface area is 116 Å². The summed E-state index contributed by atoms with van der Waals surface area (Å²) in [6.45, 7) is 6.99. The van der Waals surface area contributed by atoms with Crippen molar-refractivity contribution in [3.05, 3.63) is 34.9 Å². The minimum absolute atomic E-state index is 0.0942. The topological polar surface area (TPSA) is 38.5 Å². The highest BCUT2D eigenvalue weighted by molar-refractivity contribution is 5.31. The number of benzene rings is 1. The first-order chi connectivity index (χ1) is 9.11. The Hall–Kier alpha value is -0.900. The normalized spacial score (nSPS) is 16.9. The predicted molar refractivity (Wildman–Crippen MR) is 79.3 cm³/mol. The number of hydrogen-bond acceptors (Lipinski definition) is 3. The van der Waals surface area contributed by atoms with Crippen LogP contribution in [0.4, 0.5) is 0 Å². The van der Waals surface area contributed by atoms with E-state index >= 15 is 0 Å². The summed E-state index contributed by atoms with van der Waals surface area (Å²) in [5, 5.41) is 0.